The van der Waals surface area contributed by atoms with Crippen molar-refractivity contribution in [1.29, 1.82) is 0 Å². The van der Waals surface area contributed by atoms with E-state index in [1.807, 2.05) is 49.4 Å². The zero-order valence-electron chi connectivity index (χ0n) is 15.3. The number of ether oxygens (including phenoxy) is 4. The Balaban J connectivity index is 1.67. The quantitative estimate of drug-likeness (QED) is 0.760. The van der Waals surface area contributed by atoms with Gasteiger partial charge in [0.25, 0.3) is 0 Å². The Morgan fingerprint density at radius 3 is 2.67 bits per heavy atom. The molecule has 0 aliphatic carbocycles. The van der Waals surface area contributed by atoms with E-state index in [9.17, 15) is 4.79 Å². The summed E-state index contributed by atoms with van der Waals surface area (Å²) in [4.78, 5) is 17.5. The molecule has 140 valence electrons. The number of rotatable bonds is 5. The lowest BCUT2D eigenvalue weighted by Gasteiger charge is -2.20. The molecule has 0 N–H and O–H groups in total. The second kappa shape index (κ2) is 7.31. The highest BCUT2D eigenvalue weighted by Gasteiger charge is 2.40. The Morgan fingerprint density at radius 2 is 1.93 bits per heavy atom. The number of hydrogen-bond donors (Lipinski definition) is 0. The number of hydrogen-bond acceptors (Lipinski definition) is 6. The first kappa shape index (κ1) is 17.4. The lowest BCUT2D eigenvalue weighted by atomic mass is 9.83. The predicted octanol–water partition coefficient (Wildman–Crippen LogP) is 3.19. The monoisotopic (exact) mass is 367 g/mol. The van der Waals surface area contributed by atoms with Gasteiger partial charge in [-0.15, -0.1) is 0 Å². The number of carbonyl (C=O) groups excluding carboxylic acids is 1. The normalized spacial score (nSPS) is 20.3. The molecule has 27 heavy (non-hydrogen) atoms. The maximum absolute atomic E-state index is 12.8. The van der Waals surface area contributed by atoms with Gasteiger partial charge in [-0.2, -0.15) is 0 Å². The number of methoxy groups -OCH3 is 1. The Labute approximate surface area is 157 Å². The highest BCUT2D eigenvalue weighted by Crippen LogP contribution is 2.40. The van der Waals surface area contributed by atoms with E-state index in [2.05, 4.69) is 0 Å². The molecule has 4 rings (SSSR count). The summed E-state index contributed by atoms with van der Waals surface area (Å²) < 4.78 is 21.5. The molecule has 0 unspecified atom stereocenters. The second-order valence-electron chi connectivity index (χ2n) is 6.40. The summed E-state index contributed by atoms with van der Waals surface area (Å²) in [5.41, 5.74) is 2.64. The molecule has 2 atom stereocenters. The van der Waals surface area contributed by atoms with E-state index in [0.29, 0.717) is 18.9 Å². The Morgan fingerprint density at radius 1 is 1.15 bits per heavy atom. The number of aliphatic imine (C=N–C) groups is 1. The van der Waals surface area contributed by atoms with Gasteiger partial charge in [-0.1, -0.05) is 6.07 Å². The van der Waals surface area contributed by atoms with Crippen molar-refractivity contribution >= 4 is 11.7 Å². The summed E-state index contributed by atoms with van der Waals surface area (Å²) in [5, 5.41) is 0. The number of carbonyl (C=O) groups is 1. The van der Waals surface area contributed by atoms with E-state index in [-0.39, 0.29) is 18.7 Å². The van der Waals surface area contributed by atoms with Gasteiger partial charge in [0.2, 0.25) is 6.79 Å². The van der Waals surface area contributed by atoms with Crippen LogP contribution in [0.2, 0.25) is 0 Å². The first-order valence-electron chi connectivity index (χ1n) is 8.96. The molecule has 0 amide bonds. The highest BCUT2D eigenvalue weighted by atomic mass is 16.7. The predicted molar refractivity (Wildman–Crippen MR) is 99.8 cm³/mol. The maximum Gasteiger partial charge on any atom is 0.315 e. The highest BCUT2D eigenvalue weighted by molar-refractivity contribution is 6.13. The molecule has 6 nitrogen and oxygen atoms in total. The van der Waals surface area contributed by atoms with Crippen LogP contribution in [0.4, 0.5) is 0 Å². The van der Waals surface area contributed by atoms with Crippen LogP contribution in [-0.2, 0) is 9.53 Å². The van der Waals surface area contributed by atoms with Gasteiger partial charge < -0.3 is 18.9 Å². The van der Waals surface area contributed by atoms with Crippen LogP contribution in [0, 0.1) is 5.92 Å². The van der Waals surface area contributed by atoms with Crippen LogP contribution in [0.3, 0.4) is 0 Å². The van der Waals surface area contributed by atoms with Crippen molar-refractivity contribution in [2.45, 2.75) is 12.8 Å². The third kappa shape index (κ3) is 3.23. The van der Waals surface area contributed by atoms with Crippen LogP contribution < -0.4 is 14.2 Å². The van der Waals surface area contributed by atoms with Gasteiger partial charge in [0.1, 0.15) is 11.7 Å². The number of benzene rings is 2. The summed E-state index contributed by atoms with van der Waals surface area (Å²) in [6.07, 6.45) is 0. The molecule has 0 aromatic heterocycles. The fourth-order valence-corrected chi connectivity index (χ4v) is 3.57. The Kier molecular flexibility index (Phi) is 4.71. The number of esters is 1. The summed E-state index contributed by atoms with van der Waals surface area (Å²) in [6.45, 7) is 2.88. The molecule has 6 heteroatoms. The molecule has 2 aliphatic rings. The zero-order chi connectivity index (χ0) is 18.8. The molecule has 2 aromatic carbocycles. The molecule has 2 aromatic rings. The largest absolute Gasteiger partial charge is 0.497 e. The minimum atomic E-state index is -0.460. The minimum absolute atomic E-state index is 0.101. The van der Waals surface area contributed by atoms with Crippen molar-refractivity contribution in [3.63, 3.8) is 0 Å². The molecule has 0 saturated carbocycles. The van der Waals surface area contributed by atoms with Gasteiger partial charge in [-0.05, 0) is 54.4 Å². The van der Waals surface area contributed by atoms with Crippen LogP contribution in [0.1, 0.15) is 24.0 Å². The van der Waals surface area contributed by atoms with Crippen LogP contribution in [0.15, 0.2) is 47.5 Å². The molecular weight excluding hydrogens is 346 g/mol. The van der Waals surface area contributed by atoms with Crippen LogP contribution in [0.25, 0.3) is 0 Å². The molecule has 0 bridgehead atoms. The lowest BCUT2D eigenvalue weighted by molar-refractivity contribution is -0.145. The maximum atomic E-state index is 12.8. The molecule has 0 saturated heterocycles. The van der Waals surface area contributed by atoms with Gasteiger partial charge in [-0.25, -0.2) is 0 Å². The van der Waals surface area contributed by atoms with Gasteiger partial charge in [-0.3, -0.25) is 9.79 Å². The lowest BCUT2D eigenvalue weighted by Crippen LogP contribution is -2.29. The first-order valence-corrected chi connectivity index (χ1v) is 8.96. The topological polar surface area (TPSA) is 66.4 Å². The number of fused-ring (bicyclic) bond motifs is 1. The molecule has 2 heterocycles. The first-order chi connectivity index (χ1) is 13.2. The third-order valence-electron chi connectivity index (χ3n) is 4.91. The molecule has 0 radical (unpaired) electrons. The van der Waals surface area contributed by atoms with E-state index in [1.165, 1.54) is 0 Å². The van der Waals surface area contributed by atoms with Crippen LogP contribution >= 0.6 is 0 Å². The summed E-state index contributed by atoms with van der Waals surface area (Å²) in [6, 6.07) is 13.4. The Hall–Kier alpha value is -3.02. The van der Waals surface area contributed by atoms with Crippen molar-refractivity contribution in [3.05, 3.63) is 53.6 Å². The standard InChI is InChI=1S/C21H21NO5/c1-3-25-21(23)19-16(14-6-9-17-18(10-14)27-12-26-17)11-22-20(19)13-4-7-15(24-2)8-5-13/h4-10,16,19H,3,11-12H2,1-2H3/t16-,19-/m1/s1. The van der Waals surface area contributed by atoms with E-state index >= 15 is 0 Å². The molecular formula is C21H21NO5. The summed E-state index contributed by atoms with van der Waals surface area (Å²) in [7, 11) is 1.62. The van der Waals surface area contributed by atoms with Gasteiger partial charge in [0.05, 0.1) is 19.4 Å². The van der Waals surface area contributed by atoms with Crippen molar-refractivity contribution in [2.24, 2.45) is 10.9 Å². The fourth-order valence-electron chi connectivity index (χ4n) is 3.57. The molecule has 0 spiro atoms. The second-order valence-corrected chi connectivity index (χ2v) is 6.40. The van der Waals surface area contributed by atoms with E-state index in [0.717, 1.165) is 28.3 Å². The SMILES string of the molecule is CCOC(=O)[C@H]1C(c2ccc(OC)cc2)=NC[C@@H]1c1ccc2c(c1)OCO2. The average molecular weight is 367 g/mol. The third-order valence-corrected chi connectivity index (χ3v) is 4.91. The summed E-state index contributed by atoms with van der Waals surface area (Å²) >= 11 is 0. The minimum Gasteiger partial charge on any atom is -0.497 e. The van der Waals surface area contributed by atoms with Crippen LogP contribution in [-0.4, -0.2) is 38.7 Å². The van der Waals surface area contributed by atoms with Crippen molar-refractivity contribution < 1.29 is 23.7 Å². The molecule has 0 fully saturated rings. The van der Waals surface area contributed by atoms with Gasteiger partial charge >= 0.3 is 5.97 Å². The van der Waals surface area contributed by atoms with Crippen molar-refractivity contribution in [2.75, 3.05) is 27.1 Å². The fraction of sp³-hybridized carbons (Fsp3) is 0.333. The Bertz CT molecular complexity index is 875. The van der Waals surface area contributed by atoms with Gasteiger partial charge in [0, 0.05) is 12.5 Å². The van der Waals surface area contributed by atoms with E-state index in [4.69, 9.17) is 23.9 Å². The van der Waals surface area contributed by atoms with Crippen molar-refractivity contribution in [3.8, 4) is 17.2 Å². The average Bonchev–Trinajstić information content (AvgIpc) is 3.34. The van der Waals surface area contributed by atoms with Gasteiger partial charge in [0.15, 0.2) is 11.5 Å². The van der Waals surface area contributed by atoms with E-state index in [1.54, 1.807) is 7.11 Å². The zero-order valence-corrected chi connectivity index (χ0v) is 15.3. The van der Waals surface area contributed by atoms with E-state index < -0.39 is 5.92 Å². The van der Waals surface area contributed by atoms with Crippen molar-refractivity contribution in [1.82, 2.24) is 0 Å². The van der Waals surface area contributed by atoms with Crippen LogP contribution in [0.5, 0.6) is 17.2 Å². The molecule has 2 aliphatic heterocycles. The smallest absolute Gasteiger partial charge is 0.315 e. The number of nitrogens with zero attached hydrogens (tertiary/aromatic N) is 1. The summed E-state index contributed by atoms with van der Waals surface area (Å²) in [5.74, 6) is 1.37.